The van der Waals surface area contributed by atoms with Gasteiger partial charge in [-0.2, -0.15) is 0 Å². The second kappa shape index (κ2) is 2.98. The minimum absolute atomic E-state index is 0.0130. The molecule has 0 spiro atoms. The van der Waals surface area contributed by atoms with Crippen molar-refractivity contribution in [3.63, 3.8) is 0 Å². The number of terminal acetylenes is 1. The highest BCUT2D eigenvalue weighted by Gasteiger charge is 2.57. The Hall–Kier alpha value is -0.560. The maximum atomic E-state index is 5.64. The molecule has 2 heterocycles. The van der Waals surface area contributed by atoms with Crippen LogP contribution in [0.15, 0.2) is 0 Å². The van der Waals surface area contributed by atoms with Crippen LogP contribution in [0, 0.1) is 18.3 Å². The average Bonchev–Trinajstić information content (AvgIpc) is 2.65. The molecule has 0 aliphatic carbocycles. The van der Waals surface area contributed by atoms with Crippen molar-refractivity contribution in [1.29, 1.82) is 0 Å². The molecule has 72 valence electrons. The van der Waals surface area contributed by atoms with Crippen molar-refractivity contribution in [3.8, 4) is 12.3 Å². The summed E-state index contributed by atoms with van der Waals surface area (Å²) in [6.45, 7) is 3.25. The van der Waals surface area contributed by atoms with E-state index in [0.29, 0.717) is 13.2 Å². The molecule has 0 aromatic heterocycles. The van der Waals surface area contributed by atoms with Gasteiger partial charge < -0.3 is 14.2 Å². The van der Waals surface area contributed by atoms with Crippen LogP contribution in [0.4, 0.5) is 0 Å². The predicted molar refractivity (Wildman–Crippen MR) is 47.2 cm³/mol. The fraction of sp³-hybridized carbons (Fsp3) is 0.800. The monoisotopic (exact) mass is 182 g/mol. The fourth-order valence-electron chi connectivity index (χ4n) is 2.15. The van der Waals surface area contributed by atoms with E-state index < -0.39 is 5.60 Å². The Kier molecular flexibility index (Phi) is 2.07. The molecule has 0 amide bonds. The van der Waals surface area contributed by atoms with E-state index in [9.17, 15) is 0 Å². The van der Waals surface area contributed by atoms with Crippen LogP contribution in [0.5, 0.6) is 0 Å². The van der Waals surface area contributed by atoms with Gasteiger partial charge in [-0.3, -0.25) is 0 Å². The Bertz CT molecular complexity index is 245. The molecule has 13 heavy (non-hydrogen) atoms. The Labute approximate surface area is 78.4 Å². The maximum Gasteiger partial charge on any atom is 0.161 e. The highest BCUT2D eigenvalue weighted by molar-refractivity contribution is 5.22. The molecule has 2 fully saturated rings. The normalized spacial score (nSPS) is 48.8. The van der Waals surface area contributed by atoms with E-state index in [1.165, 1.54) is 0 Å². The molecule has 3 heteroatoms. The lowest BCUT2D eigenvalue weighted by molar-refractivity contribution is -0.0131. The standard InChI is InChI=1S/C10H14O3/c1-4-10-7(2)5-12-9(10)8(11-3)6-13-10/h1,7-9H,5-6H2,2-3H3/t7-,8-,9-,10-/m1/s1. The summed E-state index contributed by atoms with van der Waals surface area (Å²) in [5.74, 6) is 2.98. The van der Waals surface area contributed by atoms with E-state index in [1.54, 1.807) is 7.11 Å². The molecule has 3 nitrogen and oxygen atoms in total. The zero-order valence-electron chi connectivity index (χ0n) is 7.95. The van der Waals surface area contributed by atoms with Gasteiger partial charge in [0.15, 0.2) is 5.60 Å². The summed E-state index contributed by atoms with van der Waals surface area (Å²) in [6.07, 6.45) is 5.41. The minimum Gasteiger partial charge on any atom is -0.376 e. The Balaban J connectivity index is 2.27. The van der Waals surface area contributed by atoms with Crippen LogP contribution in [0.1, 0.15) is 6.92 Å². The largest absolute Gasteiger partial charge is 0.376 e. The number of fused-ring (bicyclic) bond motifs is 1. The van der Waals surface area contributed by atoms with Gasteiger partial charge in [-0.15, -0.1) is 6.42 Å². The van der Waals surface area contributed by atoms with Crippen molar-refractivity contribution in [2.45, 2.75) is 24.7 Å². The van der Waals surface area contributed by atoms with Gasteiger partial charge in [0.2, 0.25) is 0 Å². The molecular formula is C10H14O3. The van der Waals surface area contributed by atoms with E-state index in [2.05, 4.69) is 12.8 Å². The molecule has 2 aliphatic rings. The summed E-state index contributed by atoms with van der Waals surface area (Å²) in [7, 11) is 1.66. The molecule has 2 aliphatic heterocycles. The SMILES string of the molecule is C#C[C@]12OC[C@@H](OC)[C@H]1OC[C@H]2C. The molecule has 0 aromatic rings. The first kappa shape index (κ1) is 9.01. The van der Waals surface area contributed by atoms with Gasteiger partial charge >= 0.3 is 0 Å². The Morgan fingerprint density at radius 1 is 1.54 bits per heavy atom. The van der Waals surface area contributed by atoms with Crippen molar-refractivity contribution in [1.82, 2.24) is 0 Å². The quantitative estimate of drug-likeness (QED) is 0.551. The van der Waals surface area contributed by atoms with Crippen LogP contribution in [0.25, 0.3) is 0 Å². The van der Waals surface area contributed by atoms with Crippen LogP contribution < -0.4 is 0 Å². The summed E-state index contributed by atoms with van der Waals surface area (Å²) in [5, 5.41) is 0. The van der Waals surface area contributed by atoms with Crippen molar-refractivity contribution >= 4 is 0 Å². The first-order valence-corrected chi connectivity index (χ1v) is 4.50. The maximum absolute atomic E-state index is 5.64. The lowest BCUT2D eigenvalue weighted by Gasteiger charge is -2.24. The zero-order chi connectivity index (χ0) is 9.47. The molecular weight excluding hydrogens is 168 g/mol. The molecule has 0 saturated carbocycles. The molecule has 2 rings (SSSR count). The summed E-state index contributed by atoms with van der Waals surface area (Å²) in [5.41, 5.74) is -0.541. The van der Waals surface area contributed by atoms with Gasteiger partial charge in [0.25, 0.3) is 0 Å². The molecule has 4 atom stereocenters. The predicted octanol–water partition coefficient (Wildman–Crippen LogP) is 0.438. The number of rotatable bonds is 1. The first-order chi connectivity index (χ1) is 6.24. The van der Waals surface area contributed by atoms with Gasteiger partial charge in [-0.25, -0.2) is 0 Å². The molecule has 0 radical (unpaired) electrons. The Morgan fingerprint density at radius 3 is 2.92 bits per heavy atom. The smallest absolute Gasteiger partial charge is 0.161 e. The third-order valence-electron chi connectivity index (χ3n) is 3.03. The Morgan fingerprint density at radius 2 is 2.31 bits per heavy atom. The van der Waals surface area contributed by atoms with Gasteiger partial charge in [0.1, 0.15) is 12.2 Å². The van der Waals surface area contributed by atoms with Crippen LogP contribution in [-0.4, -0.2) is 38.1 Å². The van der Waals surface area contributed by atoms with E-state index in [1.807, 2.05) is 0 Å². The van der Waals surface area contributed by atoms with Gasteiger partial charge in [-0.05, 0) is 0 Å². The average molecular weight is 182 g/mol. The number of hydrogen-bond acceptors (Lipinski definition) is 3. The first-order valence-electron chi connectivity index (χ1n) is 4.50. The van der Waals surface area contributed by atoms with Gasteiger partial charge in [-0.1, -0.05) is 12.8 Å². The second-order valence-corrected chi connectivity index (χ2v) is 3.68. The molecule has 0 N–H and O–H groups in total. The lowest BCUT2D eigenvalue weighted by Crippen LogP contribution is -2.42. The van der Waals surface area contributed by atoms with E-state index >= 15 is 0 Å². The fourth-order valence-corrected chi connectivity index (χ4v) is 2.15. The second-order valence-electron chi connectivity index (χ2n) is 3.68. The highest BCUT2D eigenvalue weighted by Crippen LogP contribution is 2.41. The van der Waals surface area contributed by atoms with Gasteiger partial charge in [0, 0.05) is 13.0 Å². The van der Waals surface area contributed by atoms with E-state index in [4.69, 9.17) is 20.6 Å². The van der Waals surface area contributed by atoms with Crippen LogP contribution in [-0.2, 0) is 14.2 Å². The van der Waals surface area contributed by atoms with Crippen LogP contribution in [0.2, 0.25) is 0 Å². The topological polar surface area (TPSA) is 27.7 Å². The third-order valence-corrected chi connectivity index (χ3v) is 3.03. The molecule has 0 bridgehead atoms. The third kappa shape index (κ3) is 1.03. The number of ether oxygens (including phenoxy) is 3. The van der Waals surface area contributed by atoms with E-state index in [0.717, 1.165) is 0 Å². The van der Waals surface area contributed by atoms with Crippen LogP contribution >= 0.6 is 0 Å². The van der Waals surface area contributed by atoms with Crippen molar-refractivity contribution in [3.05, 3.63) is 0 Å². The van der Waals surface area contributed by atoms with Gasteiger partial charge in [0.05, 0.1) is 13.2 Å². The molecule has 0 unspecified atom stereocenters. The van der Waals surface area contributed by atoms with Crippen molar-refractivity contribution in [2.24, 2.45) is 5.92 Å². The summed E-state index contributed by atoms with van der Waals surface area (Å²) < 4.78 is 16.5. The van der Waals surface area contributed by atoms with Crippen molar-refractivity contribution in [2.75, 3.05) is 20.3 Å². The lowest BCUT2D eigenvalue weighted by atomic mass is 9.87. The molecule has 2 saturated heterocycles. The summed E-state index contributed by atoms with van der Waals surface area (Å²) in [6, 6.07) is 0. The zero-order valence-corrected chi connectivity index (χ0v) is 7.95. The molecule has 0 aromatic carbocycles. The summed E-state index contributed by atoms with van der Waals surface area (Å²) in [4.78, 5) is 0. The van der Waals surface area contributed by atoms with Crippen molar-refractivity contribution < 1.29 is 14.2 Å². The highest BCUT2D eigenvalue weighted by atomic mass is 16.6. The minimum atomic E-state index is -0.541. The summed E-state index contributed by atoms with van der Waals surface area (Å²) >= 11 is 0. The number of hydrogen-bond donors (Lipinski definition) is 0. The van der Waals surface area contributed by atoms with E-state index in [-0.39, 0.29) is 18.1 Å². The number of methoxy groups -OCH3 is 1. The van der Waals surface area contributed by atoms with Crippen LogP contribution in [0.3, 0.4) is 0 Å².